The number of carbonyl (C=O) groups is 1. The van der Waals surface area contributed by atoms with Crippen molar-refractivity contribution in [1.82, 2.24) is 4.90 Å². The molecule has 0 aliphatic rings. The molecule has 1 aromatic rings. The molecule has 0 heterocycles. The maximum Gasteiger partial charge on any atom is 0.321 e. The van der Waals surface area contributed by atoms with Crippen molar-refractivity contribution in [2.45, 2.75) is 27.7 Å². The summed E-state index contributed by atoms with van der Waals surface area (Å²) in [7, 11) is 3.41. The third-order valence-corrected chi connectivity index (χ3v) is 1.43. The Hall–Kier alpha value is -1.51. The maximum atomic E-state index is 11.1. The van der Waals surface area contributed by atoms with E-state index in [0.29, 0.717) is 0 Å². The first-order valence-corrected chi connectivity index (χ1v) is 5.73. The maximum absolute atomic E-state index is 11.1. The van der Waals surface area contributed by atoms with Gasteiger partial charge >= 0.3 is 6.03 Å². The van der Waals surface area contributed by atoms with Crippen molar-refractivity contribution < 1.29 is 4.79 Å². The lowest BCUT2D eigenvalue weighted by Crippen LogP contribution is -2.27. The van der Waals surface area contributed by atoms with E-state index in [1.807, 2.05) is 58.0 Å². The highest BCUT2D eigenvalue weighted by Crippen LogP contribution is 2.04. The molecule has 92 valence electrons. The minimum atomic E-state index is -0.110. The third kappa shape index (κ3) is 7.85. The van der Waals surface area contributed by atoms with Crippen LogP contribution < -0.4 is 5.32 Å². The Morgan fingerprint density at radius 2 is 1.44 bits per heavy atom. The van der Waals surface area contributed by atoms with Gasteiger partial charge in [-0.3, -0.25) is 0 Å². The highest BCUT2D eigenvalue weighted by molar-refractivity contribution is 5.88. The quantitative estimate of drug-likeness (QED) is 0.772. The van der Waals surface area contributed by atoms with Crippen LogP contribution >= 0.6 is 0 Å². The molecule has 16 heavy (non-hydrogen) atoms. The first-order valence-electron chi connectivity index (χ1n) is 5.73. The van der Waals surface area contributed by atoms with Gasteiger partial charge in [0.15, 0.2) is 0 Å². The Kier molecular flexibility index (Phi) is 12.2. The van der Waals surface area contributed by atoms with Crippen molar-refractivity contribution in [1.29, 1.82) is 0 Å². The molecule has 3 nitrogen and oxygen atoms in total. The Morgan fingerprint density at radius 3 is 1.81 bits per heavy atom. The summed E-state index contributed by atoms with van der Waals surface area (Å²) in [4.78, 5) is 12.6. The number of nitrogens with zero attached hydrogens (tertiary/aromatic N) is 1. The van der Waals surface area contributed by atoms with Gasteiger partial charge in [-0.1, -0.05) is 45.9 Å². The van der Waals surface area contributed by atoms with Crippen molar-refractivity contribution in [3.8, 4) is 0 Å². The van der Waals surface area contributed by atoms with Gasteiger partial charge in [0.25, 0.3) is 0 Å². The third-order valence-electron chi connectivity index (χ3n) is 1.43. The lowest BCUT2D eigenvalue weighted by molar-refractivity contribution is 0.230. The summed E-state index contributed by atoms with van der Waals surface area (Å²) in [6, 6.07) is 9.26. The van der Waals surface area contributed by atoms with Gasteiger partial charge in [0.2, 0.25) is 0 Å². The summed E-state index contributed by atoms with van der Waals surface area (Å²) in [6.45, 7) is 8.00. The predicted molar refractivity (Wildman–Crippen MR) is 71.8 cm³/mol. The van der Waals surface area contributed by atoms with E-state index in [9.17, 15) is 4.79 Å². The molecule has 0 aliphatic carbocycles. The molecule has 0 unspecified atom stereocenters. The van der Waals surface area contributed by atoms with Crippen LogP contribution in [0.2, 0.25) is 0 Å². The molecular weight excluding hydrogens is 200 g/mol. The Bertz CT molecular complexity index is 258. The molecule has 1 rings (SSSR count). The van der Waals surface area contributed by atoms with E-state index in [4.69, 9.17) is 0 Å². The number of benzene rings is 1. The van der Waals surface area contributed by atoms with Gasteiger partial charge in [-0.25, -0.2) is 4.79 Å². The van der Waals surface area contributed by atoms with E-state index in [2.05, 4.69) is 5.32 Å². The molecule has 2 amide bonds. The fourth-order valence-electron chi connectivity index (χ4n) is 0.757. The van der Waals surface area contributed by atoms with Crippen LogP contribution in [0.4, 0.5) is 10.5 Å². The van der Waals surface area contributed by atoms with E-state index < -0.39 is 0 Å². The Balaban J connectivity index is 0. The van der Waals surface area contributed by atoms with E-state index in [0.717, 1.165) is 5.69 Å². The van der Waals surface area contributed by atoms with Crippen LogP contribution in [0.25, 0.3) is 0 Å². The molecule has 0 aromatic heterocycles. The SMILES string of the molecule is CC.CC.CN(C)C(=O)Nc1ccccc1. The summed E-state index contributed by atoms with van der Waals surface area (Å²) in [6.07, 6.45) is 0. The number of rotatable bonds is 1. The van der Waals surface area contributed by atoms with Crippen LogP contribution in [0.1, 0.15) is 27.7 Å². The van der Waals surface area contributed by atoms with Crippen LogP contribution in [0.15, 0.2) is 30.3 Å². The van der Waals surface area contributed by atoms with Gasteiger partial charge in [-0.2, -0.15) is 0 Å². The van der Waals surface area contributed by atoms with Crippen molar-refractivity contribution in [3.05, 3.63) is 30.3 Å². The molecule has 0 bridgehead atoms. The van der Waals surface area contributed by atoms with Crippen molar-refractivity contribution in [3.63, 3.8) is 0 Å². The van der Waals surface area contributed by atoms with Crippen LogP contribution in [-0.4, -0.2) is 25.0 Å². The first-order chi connectivity index (χ1) is 7.70. The molecule has 0 spiro atoms. The average molecular weight is 224 g/mol. The monoisotopic (exact) mass is 224 g/mol. The number of amides is 2. The summed E-state index contributed by atoms with van der Waals surface area (Å²) >= 11 is 0. The minimum Gasteiger partial charge on any atom is -0.331 e. The zero-order chi connectivity index (χ0) is 13.0. The van der Waals surface area contributed by atoms with Crippen LogP contribution in [0.5, 0.6) is 0 Å². The van der Waals surface area contributed by atoms with E-state index >= 15 is 0 Å². The van der Waals surface area contributed by atoms with Crippen LogP contribution in [0.3, 0.4) is 0 Å². The van der Waals surface area contributed by atoms with Gasteiger partial charge in [-0.05, 0) is 12.1 Å². The van der Waals surface area contributed by atoms with Crippen molar-refractivity contribution >= 4 is 11.7 Å². The van der Waals surface area contributed by atoms with Gasteiger partial charge in [0.05, 0.1) is 0 Å². The van der Waals surface area contributed by atoms with E-state index in [1.54, 1.807) is 14.1 Å². The zero-order valence-corrected chi connectivity index (χ0v) is 11.2. The lowest BCUT2D eigenvalue weighted by atomic mass is 10.3. The Labute approximate surface area is 99.5 Å². The fraction of sp³-hybridized carbons (Fsp3) is 0.462. The standard InChI is InChI=1S/C9H12N2O.2C2H6/c1-11(2)9(12)10-8-6-4-3-5-7-8;2*1-2/h3-7H,1-2H3,(H,10,12);2*1-2H3. The average Bonchev–Trinajstić information content (AvgIpc) is 2.35. The molecule has 1 aromatic carbocycles. The summed E-state index contributed by atoms with van der Waals surface area (Å²) in [5, 5.41) is 2.73. The molecule has 1 N–H and O–H groups in total. The predicted octanol–water partition coefficient (Wildman–Crippen LogP) is 3.83. The molecular formula is C13H24N2O. The normalized spacial score (nSPS) is 7.62. The van der Waals surface area contributed by atoms with E-state index in [-0.39, 0.29) is 6.03 Å². The van der Waals surface area contributed by atoms with E-state index in [1.165, 1.54) is 4.90 Å². The Morgan fingerprint density at radius 1 is 1.00 bits per heavy atom. The second-order valence-corrected chi connectivity index (χ2v) is 2.69. The molecule has 0 aliphatic heterocycles. The topological polar surface area (TPSA) is 32.3 Å². The van der Waals surface area contributed by atoms with Crippen molar-refractivity contribution in [2.24, 2.45) is 0 Å². The minimum absolute atomic E-state index is 0.110. The fourth-order valence-corrected chi connectivity index (χ4v) is 0.757. The summed E-state index contributed by atoms with van der Waals surface area (Å²) < 4.78 is 0. The molecule has 3 heteroatoms. The number of anilines is 1. The van der Waals surface area contributed by atoms with Gasteiger partial charge < -0.3 is 10.2 Å². The van der Waals surface area contributed by atoms with Crippen LogP contribution in [-0.2, 0) is 0 Å². The molecule has 0 saturated carbocycles. The summed E-state index contributed by atoms with van der Waals surface area (Å²) in [5.74, 6) is 0. The molecule has 0 saturated heterocycles. The van der Waals surface area contributed by atoms with Gasteiger partial charge in [-0.15, -0.1) is 0 Å². The number of urea groups is 1. The zero-order valence-electron chi connectivity index (χ0n) is 11.2. The second-order valence-electron chi connectivity index (χ2n) is 2.69. The number of para-hydroxylation sites is 1. The highest BCUT2D eigenvalue weighted by atomic mass is 16.2. The molecule has 0 fully saturated rings. The number of carbonyl (C=O) groups excluding carboxylic acids is 1. The first kappa shape index (κ1) is 16.9. The van der Waals surface area contributed by atoms with Crippen molar-refractivity contribution in [2.75, 3.05) is 19.4 Å². The second kappa shape index (κ2) is 11.6. The van der Waals surface area contributed by atoms with Gasteiger partial charge in [0.1, 0.15) is 0 Å². The van der Waals surface area contributed by atoms with Gasteiger partial charge in [0, 0.05) is 19.8 Å². The number of hydrogen-bond donors (Lipinski definition) is 1. The molecule has 0 atom stereocenters. The number of nitrogens with one attached hydrogen (secondary N) is 1. The molecule has 0 radical (unpaired) electrons. The number of hydrogen-bond acceptors (Lipinski definition) is 1. The van der Waals surface area contributed by atoms with Crippen LogP contribution in [0, 0.1) is 0 Å². The lowest BCUT2D eigenvalue weighted by Gasteiger charge is -2.11. The highest BCUT2D eigenvalue weighted by Gasteiger charge is 2.01. The smallest absolute Gasteiger partial charge is 0.321 e. The largest absolute Gasteiger partial charge is 0.331 e. The summed E-state index contributed by atoms with van der Waals surface area (Å²) in [5.41, 5.74) is 0.816.